The van der Waals surface area contributed by atoms with Gasteiger partial charge in [0.2, 0.25) is 0 Å². The Morgan fingerprint density at radius 3 is 2.81 bits per heavy atom. The number of ether oxygens (including phenoxy) is 1. The van der Waals surface area contributed by atoms with Crippen LogP contribution in [0.25, 0.3) is 0 Å². The van der Waals surface area contributed by atoms with Crippen molar-refractivity contribution >= 4 is 11.6 Å². The lowest BCUT2D eigenvalue weighted by Gasteiger charge is -2.18. The number of rotatable bonds is 5. The number of aromatic hydroxyl groups is 1. The number of halogens is 1. The van der Waals surface area contributed by atoms with Gasteiger partial charge in [-0.05, 0) is 24.1 Å². The Labute approximate surface area is 130 Å². The Morgan fingerprint density at radius 2 is 2.24 bits per heavy atom. The largest absolute Gasteiger partial charge is 0.504 e. The summed E-state index contributed by atoms with van der Waals surface area (Å²) in [6, 6.07) is 3.27. The van der Waals surface area contributed by atoms with E-state index >= 15 is 0 Å². The first-order valence-corrected chi connectivity index (χ1v) is 7.31. The van der Waals surface area contributed by atoms with Gasteiger partial charge < -0.3 is 9.84 Å². The van der Waals surface area contributed by atoms with Gasteiger partial charge in [0.05, 0.1) is 13.2 Å². The van der Waals surface area contributed by atoms with E-state index in [4.69, 9.17) is 21.2 Å². The van der Waals surface area contributed by atoms with Crippen LogP contribution < -0.4 is 4.74 Å². The zero-order chi connectivity index (χ0) is 15.6. The third-order valence-corrected chi connectivity index (χ3v) is 3.54. The lowest BCUT2D eigenvalue weighted by molar-refractivity contribution is -0.117. The van der Waals surface area contributed by atoms with Gasteiger partial charge in [-0.3, -0.25) is 4.84 Å². The van der Waals surface area contributed by atoms with Gasteiger partial charge in [0.15, 0.2) is 11.5 Å². The van der Waals surface area contributed by atoms with Crippen LogP contribution in [0.1, 0.15) is 26.3 Å². The summed E-state index contributed by atoms with van der Waals surface area (Å²) in [6.07, 6.45) is 0. The lowest BCUT2D eigenvalue weighted by Crippen LogP contribution is -2.22. The number of hydrogen-bond acceptors (Lipinski definition) is 4. The molecule has 21 heavy (non-hydrogen) atoms. The minimum absolute atomic E-state index is 0.0779. The molecule has 0 saturated carbocycles. The molecule has 4 nitrogen and oxygen atoms in total. The van der Waals surface area contributed by atoms with E-state index in [0.717, 1.165) is 17.7 Å². The molecule has 0 radical (unpaired) electrons. The van der Waals surface area contributed by atoms with Crippen molar-refractivity contribution in [1.29, 1.82) is 0 Å². The Morgan fingerprint density at radius 1 is 1.52 bits per heavy atom. The highest BCUT2D eigenvalue weighted by atomic mass is 35.5. The van der Waals surface area contributed by atoms with Crippen LogP contribution in [0.3, 0.4) is 0 Å². The van der Waals surface area contributed by atoms with Crippen LogP contribution >= 0.6 is 11.6 Å². The van der Waals surface area contributed by atoms with Crippen LogP contribution in [0.4, 0.5) is 0 Å². The maximum absolute atomic E-state index is 10.0. The molecule has 0 unspecified atom stereocenters. The summed E-state index contributed by atoms with van der Waals surface area (Å²) in [7, 11) is 0. The average Bonchev–Trinajstić information content (AvgIpc) is 2.71. The molecule has 1 N–H and O–H groups in total. The molecule has 0 bridgehead atoms. The first kappa shape index (κ1) is 16.1. The number of phenols is 1. The van der Waals surface area contributed by atoms with Gasteiger partial charge in [0.25, 0.3) is 0 Å². The molecule has 1 aliphatic heterocycles. The zero-order valence-corrected chi connectivity index (χ0v) is 13.5. The summed E-state index contributed by atoms with van der Waals surface area (Å²) in [6.45, 7) is 12.3. The maximum Gasteiger partial charge on any atom is 0.162 e. The van der Waals surface area contributed by atoms with E-state index in [9.17, 15) is 5.11 Å². The van der Waals surface area contributed by atoms with Crippen molar-refractivity contribution in [2.45, 2.75) is 27.3 Å². The minimum atomic E-state index is 0.0779. The number of hydroxylamine groups is 2. The highest BCUT2D eigenvalue weighted by molar-refractivity contribution is 6.31. The Balaban J connectivity index is 2.08. The van der Waals surface area contributed by atoms with E-state index in [1.165, 1.54) is 0 Å². The molecule has 1 saturated heterocycles. The van der Waals surface area contributed by atoms with Crippen LogP contribution in [-0.2, 0) is 11.4 Å². The molecule has 1 fully saturated rings. The fourth-order valence-electron chi connectivity index (χ4n) is 2.15. The van der Waals surface area contributed by atoms with Gasteiger partial charge >= 0.3 is 0 Å². The molecule has 1 aliphatic rings. The van der Waals surface area contributed by atoms with Gasteiger partial charge in [-0.1, -0.05) is 32.0 Å². The van der Waals surface area contributed by atoms with Crippen LogP contribution in [0.2, 0.25) is 5.02 Å². The smallest absolute Gasteiger partial charge is 0.162 e. The topological polar surface area (TPSA) is 41.9 Å². The van der Waals surface area contributed by atoms with Gasteiger partial charge in [0.1, 0.15) is 6.61 Å². The molecule has 0 atom stereocenters. The average molecular weight is 312 g/mol. The van der Waals surface area contributed by atoms with Gasteiger partial charge in [-0.25, -0.2) is 0 Å². The summed E-state index contributed by atoms with van der Waals surface area (Å²) in [5, 5.41) is 12.5. The second kappa shape index (κ2) is 6.26. The van der Waals surface area contributed by atoms with Crippen LogP contribution in [0.5, 0.6) is 11.5 Å². The first-order valence-electron chi connectivity index (χ1n) is 6.93. The maximum atomic E-state index is 10.0. The number of nitrogens with zero attached hydrogens (tertiary/aromatic N) is 1. The van der Waals surface area contributed by atoms with Crippen molar-refractivity contribution in [1.82, 2.24) is 5.06 Å². The fourth-order valence-corrected chi connectivity index (χ4v) is 2.36. The molecule has 1 heterocycles. The molecule has 0 aromatic heterocycles. The SMILES string of the molecule is C=C(C)COc1cc(Cl)c(CN2CC(C)(C)CO2)cc1O. The number of phenolic OH excluding ortho intramolecular Hbond substituents is 1. The Kier molecular flexibility index (Phi) is 4.81. The summed E-state index contributed by atoms with van der Waals surface area (Å²) >= 11 is 6.27. The van der Waals surface area contributed by atoms with Crippen molar-refractivity contribution in [2.75, 3.05) is 19.8 Å². The second-order valence-electron chi connectivity index (χ2n) is 6.39. The molecule has 1 aromatic rings. The van der Waals surface area contributed by atoms with Crippen molar-refractivity contribution in [3.63, 3.8) is 0 Å². The Bertz CT molecular complexity index is 543. The van der Waals surface area contributed by atoms with Gasteiger partial charge in [-0.15, -0.1) is 0 Å². The summed E-state index contributed by atoms with van der Waals surface area (Å²) in [4.78, 5) is 5.63. The van der Waals surface area contributed by atoms with Gasteiger partial charge in [-0.2, -0.15) is 5.06 Å². The minimum Gasteiger partial charge on any atom is -0.504 e. The summed E-state index contributed by atoms with van der Waals surface area (Å²) in [5.74, 6) is 0.448. The normalized spacial score (nSPS) is 17.9. The van der Waals surface area contributed by atoms with E-state index in [-0.39, 0.29) is 11.2 Å². The molecule has 0 aliphatic carbocycles. The molecule has 2 rings (SSSR count). The third kappa shape index (κ3) is 4.37. The van der Waals surface area contributed by atoms with Crippen molar-refractivity contribution < 1.29 is 14.7 Å². The lowest BCUT2D eigenvalue weighted by atomic mass is 9.96. The molecule has 0 amide bonds. The quantitative estimate of drug-likeness (QED) is 0.840. The third-order valence-electron chi connectivity index (χ3n) is 3.19. The predicted octanol–water partition coefficient (Wildman–Crippen LogP) is 3.77. The molecule has 1 aromatic carbocycles. The van der Waals surface area contributed by atoms with E-state index in [1.54, 1.807) is 12.1 Å². The van der Waals surface area contributed by atoms with Crippen molar-refractivity contribution in [3.05, 3.63) is 34.9 Å². The summed E-state index contributed by atoms with van der Waals surface area (Å²) < 4.78 is 5.46. The second-order valence-corrected chi connectivity index (χ2v) is 6.80. The first-order chi connectivity index (χ1) is 9.77. The van der Waals surface area contributed by atoms with E-state index in [0.29, 0.717) is 30.5 Å². The molecular weight excluding hydrogens is 290 g/mol. The number of benzene rings is 1. The Hall–Kier alpha value is -1.23. The molecule has 5 heteroatoms. The van der Waals surface area contributed by atoms with Gasteiger partial charge in [0, 0.05) is 23.0 Å². The standard InChI is InChI=1S/C16H22ClNO3/c1-11(2)8-20-15-6-13(17)12(5-14(15)19)7-18-9-16(3,4)10-21-18/h5-6,19H,1,7-10H2,2-4H3. The molecular formula is C16H22ClNO3. The van der Waals surface area contributed by atoms with Crippen molar-refractivity contribution in [3.8, 4) is 11.5 Å². The monoisotopic (exact) mass is 311 g/mol. The van der Waals surface area contributed by atoms with E-state index < -0.39 is 0 Å². The van der Waals surface area contributed by atoms with E-state index in [1.807, 2.05) is 12.0 Å². The highest BCUT2D eigenvalue weighted by Gasteiger charge is 2.31. The molecule has 116 valence electrons. The van der Waals surface area contributed by atoms with Crippen LogP contribution in [0.15, 0.2) is 24.3 Å². The zero-order valence-electron chi connectivity index (χ0n) is 12.8. The molecule has 0 spiro atoms. The predicted molar refractivity (Wildman–Crippen MR) is 83.6 cm³/mol. The fraction of sp³-hybridized carbons (Fsp3) is 0.500. The number of hydrogen-bond donors (Lipinski definition) is 1. The van der Waals surface area contributed by atoms with Crippen LogP contribution in [0, 0.1) is 5.41 Å². The van der Waals surface area contributed by atoms with Crippen LogP contribution in [-0.4, -0.2) is 29.9 Å². The van der Waals surface area contributed by atoms with Crippen molar-refractivity contribution in [2.24, 2.45) is 5.41 Å². The summed E-state index contributed by atoms with van der Waals surface area (Å²) in [5.41, 5.74) is 1.83. The van der Waals surface area contributed by atoms with E-state index in [2.05, 4.69) is 20.4 Å². The highest BCUT2D eigenvalue weighted by Crippen LogP contribution is 2.34.